The molecule has 0 aromatic heterocycles. The monoisotopic (exact) mass is 250 g/mol. The van der Waals surface area contributed by atoms with Gasteiger partial charge in [0, 0.05) is 18.9 Å². The minimum absolute atomic E-state index is 0.134. The minimum atomic E-state index is -0.189. The van der Waals surface area contributed by atoms with Gasteiger partial charge in [0.25, 0.3) is 0 Å². The summed E-state index contributed by atoms with van der Waals surface area (Å²) in [7, 11) is 0. The van der Waals surface area contributed by atoms with E-state index in [2.05, 4.69) is 25.6 Å². The summed E-state index contributed by atoms with van der Waals surface area (Å²) in [5, 5.41) is 3.28. The number of ether oxygens (including phenoxy) is 1. The summed E-state index contributed by atoms with van der Waals surface area (Å²) >= 11 is 0. The first-order chi connectivity index (χ1) is 8.66. The van der Waals surface area contributed by atoms with E-state index < -0.39 is 0 Å². The Balaban J connectivity index is 1.91. The van der Waals surface area contributed by atoms with Crippen molar-refractivity contribution in [1.29, 1.82) is 0 Å². The molecule has 99 valence electrons. The number of nitrogens with one attached hydrogen (secondary N) is 1. The van der Waals surface area contributed by atoms with Crippen LogP contribution in [0.1, 0.15) is 31.7 Å². The van der Waals surface area contributed by atoms with Gasteiger partial charge in [-0.15, -0.1) is 0 Å². The molecular weight excluding hydrogens is 229 g/mol. The fourth-order valence-electron chi connectivity index (χ4n) is 2.23. The van der Waals surface area contributed by atoms with Crippen molar-refractivity contribution in [2.45, 2.75) is 38.4 Å². The number of hydrogen-bond acceptors (Lipinski definition) is 2. The fourth-order valence-corrected chi connectivity index (χ4v) is 2.23. The van der Waals surface area contributed by atoms with E-state index in [-0.39, 0.29) is 23.9 Å². The molecule has 1 saturated heterocycles. The van der Waals surface area contributed by atoms with E-state index in [1.807, 2.05) is 12.1 Å². The summed E-state index contributed by atoms with van der Waals surface area (Å²) in [5.41, 5.74) is 1.12. The standard InChI is InChI=1S/C15H21FNO/c1-11(13-3-5-14(16)6-4-13)12(2)18-15-7-9-17-10-8-15/h3-7,11-12,15,17H,8-10H2,1-2H3. The van der Waals surface area contributed by atoms with Gasteiger partial charge in [0.05, 0.1) is 12.2 Å². The van der Waals surface area contributed by atoms with Crippen LogP contribution in [0.15, 0.2) is 24.3 Å². The maximum absolute atomic E-state index is 12.9. The van der Waals surface area contributed by atoms with Gasteiger partial charge in [-0.1, -0.05) is 19.1 Å². The summed E-state index contributed by atoms with van der Waals surface area (Å²) in [6.45, 7) is 6.14. The van der Waals surface area contributed by atoms with Crippen molar-refractivity contribution in [3.8, 4) is 0 Å². The van der Waals surface area contributed by atoms with E-state index >= 15 is 0 Å². The van der Waals surface area contributed by atoms with E-state index in [4.69, 9.17) is 4.74 Å². The molecule has 3 unspecified atom stereocenters. The van der Waals surface area contributed by atoms with Crippen LogP contribution < -0.4 is 5.32 Å². The lowest BCUT2D eigenvalue weighted by atomic mass is 9.96. The molecule has 1 aliphatic rings. The van der Waals surface area contributed by atoms with E-state index in [9.17, 15) is 4.39 Å². The summed E-state index contributed by atoms with van der Waals surface area (Å²) in [6, 6.07) is 6.70. The third-order valence-corrected chi connectivity index (χ3v) is 3.62. The van der Waals surface area contributed by atoms with E-state index in [1.54, 1.807) is 0 Å². The first-order valence-electron chi connectivity index (χ1n) is 6.62. The van der Waals surface area contributed by atoms with Crippen LogP contribution in [0.4, 0.5) is 4.39 Å². The second-order valence-electron chi connectivity index (χ2n) is 4.95. The second kappa shape index (κ2) is 6.30. The Hall–Kier alpha value is -0.930. The molecule has 1 aliphatic heterocycles. The molecule has 1 aromatic carbocycles. The van der Waals surface area contributed by atoms with Crippen molar-refractivity contribution in [3.63, 3.8) is 0 Å². The van der Waals surface area contributed by atoms with Gasteiger partial charge in [0.1, 0.15) is 5.82 Å². The molecule has 3 heteroatoms. The third kappa shape index (κ3) is 3.53. The topological polar surface area (TPSA) is 21.3 Å². The normalized spacial score (nSPS) is 20.6. The number of benzene rings is 1. The highest BCUT2D eigenvalue weighted by Gasteiger charge is 2.21. The average Bonchev–Trinajstić information content (AvgIpc) is 2.40. The summed E-state index contributed by atoms with van der Waals surface area (Å²) in [6.07, 6.45) is 3.58. The SMILES string of the molecule is CC(OC1[CH]CNCC1)C(C)c1ccc(F)cc1. The van der Waals surface area contributed by atoms with Gasteiger partial charge in [0.2, 0.25) is 0 Å². The van der Waals surface area contributed by atoms with Crippen molar-refractivity contribution in [1.82, 2.24) is 5.32 Å². The van der Waals surface area contributed by atoms with Crippen LogP contribution in [0.5, 0.6) is 0 Å². The van der Waals surface area contributed by atoms with E-state index in [0.717, 1.165) is 25.1 Å². The molecule has 1 aromatic rings. The molecule has 0 saturated carbocycles. The molecule has 0 spiro atoms. The number of halogens is 1. The van der Waals surface area contributed by atoms with Crippen LogP contribution in [-0.2, 0) is 4.74 Å². The Kier molecular flexibility index (Phi) is 4.72. The first-order valence-corrected chi connectivity index (χ1v) is 6.62. The lowest BCUT2D eigenvalue weighted by Crippen LogP contribution is -2.35. The number of rotatable bonds is 4. The molecular formula is C15H21FNO. The van der Waals surface area contributed by atoms with Crippen molar-refractivity contribution in [2.24, 2.45) is 0 Å². The van der Waals surface area contributed by atoms with Crippen molar-refractivity contribution < 1.29 is 9.13 Å². The maximum Gasteiger partial charge on any atom is 0.123 e. The molecule has 1 radical (unpaired) electrons. The minimum Gasteiger partial charge on any atom is -0.374 e. The van der Waals surface area contributed by atoms with Crippen LogP contribution in [0, 0.1) is 12.2 Å². The number of hydrogen-bond donors (Lipinski definition) is 1. The van der Waals surface area contributed by atoms with Crippen molar-refractivity contribution >= 4 is 0 Å². The molecule has 1 heterocycles. The third-order valence-electron chi connectivity index (χ3n) is 3.62. The molecule has 0 bridgehead atoms. The van der Waals surface area contributed by atoms with Gasteiger partial charge in [-0.3, -0.25) is 0 Å². The smallest absolute Gasteiger partial charge is 0.123 e. The van der Waals surface area contributed by atoms with Gasteiger partial charge in [-0.2, -0.15) is 0 Å². The summed E-state index contributed by atoms with van der Waals surface area (Å²) in [4.78, 5) is 0. The van der Waals surface area contributed by atoms with E-state index in [1.165, 1.54) is 12.1 Å². The van der Waals surface area contributed by atoms with Gasteiger partial charge in [-0.25, -0.2) is 4.39 Å². The average molecular weight is 250 g/mol. The predicted octanol–water partition coefficient (Wildman–Crippen LogP) is 2.90. The second-order valence-corrected chi connectivity index (χ2v) is 4.95. The fraction of sp³-hybridized carbons (Fsp3) is 0.533. The first kappa shape index (κ1) is 13.5. The van der Waals surface area contributed by atoms with Gasteiger partial charge < -0.3 is 10.1 Å². The molecule has 3 atom stereocenters. The molecule has 0 aliphatic carbocycles. The van der Waals surface area contributed by atoms with Crippen molar-refractivity contribution in [2.75, 3.05) is 13.1 Å². The Morgan fingerprint density at radius 3 is 2.61 bits per heavy atom. The van der Waals surface area contributed by atoms with Gasteiger partial charge in [-0.05, 0) is 37.6 Å². The highest BCUT2D eigenvalue weighted by Crippen LogP contribution is 2.24. The van der Waals surface area contributed by atoms with Crippen LogP contribution >= 0.6 is 0 Å². The Morgan fingerprint density at radius 1 is 1.28 bits per heavy atom. The Morgan fingerprint density at radius 2 is 2.00 bits per heavy atom. The highest BCUT2D eigenvalue weighted by molar-refractivity contribution is 5.20. The zero-order chi connectivity index (χ0) is 13.0. The van der Waals surface area contributed by atoms with Crippen LogP contribution in [0.25, 0.3) is 0 Å². The molecule has 0 amide bonds. The maximum atomic E-state index is 12.9. The molecule has 2 rings (SSSR count). The quantitative estimate of drug-likeness (QED) is 0.887. The lowest BCUT2D eigenvalue weighted by Gasteiger charge is -2.29. The number of piperidine rings is 1. The zero-order valence-corrected chi connectivity index (χ0v) is 11.0. The van der Waals surface area contributed by atoms with E-state index in [0.29, 0.717) is 0 Å². The predicted molar refractivity (Wildman–Crippen MR) is 70.9 cm³/mol. The molecule has 2 nitrogen and oxygen atoms in total. The Labute approximate surface area is 109 Å². The van der Waals surface area contributed by atoms with Crippen LogP contribution in [-0.4, -0.2) is 25.3 Å². The molecule has 1 N–H and O–H groups in total. The lowest BCUT2D eigenvalue weighted by molar-refractivity contribution is -0.00566. The highest BCUT2D eigenvalue weighted by atomic mass is 19.1. The van der Waals surface area contributed by atoms with Crippen LogP contribution in [0.2, 0.25) is 0 Å². The van der Waals surface area contributed by atoms with Gasteiger partial charge >= 0.3 is 0 Å². The largest absolute Gasteiger partial charge is 0.374 e. The molecule has 18 heavy (non-hydrogen) atoms. The summed E-state index contributed by atoms with van der Waals surface area (Å²) < 4.78 is 18.9. The van der Waals surface area contributed by atoms with Gasteiger partial charge in [0.15, 0.2) is 0 Å². The summed E-state index contributed by atoms with van der Waals surface area (Å²) in [5.74, 6) is 0.0834. The Bertz CT molecular complexity index is 359. The van der Waals surface area contributed by atoms with Crippen LogP contribution in [0.3, 0.4) is 0 Å². The molecule has 1 fully saturated rings. The zero-order valence-electron chi connectivity index (χ0n) is 11.0. The van der Waals surface area contributed by atoms with Crippen molar-refractivity contribution in [3.05, 3.63) is 42.1 Å².